The number of H-pyrrole nitrogens is 1. The molecule has 0 aliphatic rings. The molecule has 0 bridgehead atoms. The number of unbranched alkanes of at least 4 members (excludes halogenated alkanes) is 2. The quantitative estimate of drug-likeness (QED) is 0.425. The van der Waals surface area contributed by atoms with Crippen LogP contribution in [-0.2, 0) is 30.8 Å². The zero-order valence-corrected chi connectivity index (χ0v) is 21.5. The molecule has 0 radical (unpaired) electrons. The van der Waals surface area contributed by atoms with Crippen molar-refractivity contribution in [2.45, 2.75) is 78.9 Å². The van der Waals surface area contributed by atoms with Crippen LogP contribution >= 0.6 is 0 Å². The van der Waals surface area contributed by atoms with Crippen molar-refractivity contribution in [2.24, 2.45) is 0 Å². The molecule has 3 rings (SSSR count). The third-order valence-electron chi connectivity index (χ3n) is 6.27. The number of nitrogens with zero attached hydrogens (tertiary/aromatic N) is 4. The van der Waals surface area contributed by atoms with E-state index in [0.717, 1.165) is 42.6 Å². The molecule has 9 nitrogen and oxygen atoms in total. The summed E-state index contributed by atoms with van der Waals surface area (Å²) in [7, 11) is 3.40. The second-order valence-corrected chi connectivity index (χ2v) is 9.04. The largest absolute Gasteiger partial charge is 0.496 e. The number of methoxy groups -OCH3 is 1. The number of hydrogen-bond acceptors (Lipinski definition) is 5. The number of carbonyl (C=O) groups is 1. The zero-order chi connectivity index (χ0) is 25.5. The molecule has 2 heterocycles. The van der Waals surface area contributed by atoms with Crippen LogP contribution in [0.15, 0.2) is 27.8 Å². The molecule has 1 N–H and O–H groups in total. The highest BCUT2D eigenvalue weighted by atomic mass is 16.5. The third-order valence-corrected chi connectivity index (χ3v) is 6.27. The summed E-state index contributed by atoms with van der Waals surface area (Å²) in [5, 5.41) is 0. The minimum Gasteiger partial charge on any atom is -0.496 e. The molecule has 0 fully saturated rings. The van der Waals surface area contributed by atoms with E-state index in [9.17, 15) is 14.4 Å². The van der Waals surface area contributed by atoms with E-state index in [1.165, 1.54) is 0 Å². The van der Waals surface area contributed by atoms with E-state index >= 15 is 0 Å². The van der Waals surface area contributed by atoms with Gasteiger partial charge in [-0.2, -0.15) is 0 Å². The van der Waals surface area contributed by atoms with Crippen molar-refractivity contribution in [3.05, 3.63) is 56.0 Å². The first-order chi connectivity index (χ1) is 16.8. The molecule has 9 heteroatoms. The van der Waals surface area contributed by atoms with Gasteiger partial charge in [0.25, 0.3) is 5.56 Å². The van der Waals surface area contributed by atoms with Crippen molar-refractivity contribution in [3.63, 3.8) is 0 Å². The SMILES string of the molecule is CCCCn1c(CCC(=O)N(C)Cc2cc(C)ccc2OC)nc2c1c(=O)[nH]c(=O)n2CCCC. The number of amides is 1. The van der Waals surface area contributed by atoms with Crippen LogP contribution in [0, 0.1) is 6.92 Å². The van der Waals surface area contributed by atoms with E-state index in [-0.39, 0.29) is 12.3 Å². The first-order valence-corrected chi connectivity index (χ1v) is 12.4. The maximum absolute atomic E-state index is 13.0. The number of aryl methyl sites for hydroxylation is 4. The zero-order valence-electron chi connectivity index (χ0n) is 21.5. The van der Waals surface area contributed by atoms with Crippen LogP contribution < -0.4 is 16.0 Å². The van der Waals surface area contributed by atoms with Crippen molar-refractivity contribution in [2.75, 3.05) is 14.2 Å². The Hall–Kier alpha value is -3.36. The number of benzene rings is 1. The second kappa shape index (κ2) is 11.9. The van der Waals surface area contributed by atoms with Gasteiger partial charge in [-0.3, -0.25) is 19.1 Å². The van der Waals surface area contributed by atoms with Gasteiger partial charge in [0.2, 0.25) is 5.91 Å². The lowest BCUT2D eigenvalue weighted by Gasteiger charge is -2.19. The van der Waals surface area contributed by atoms with Gasteiger partial charge < -0.3 is 14.2 Å². The van der Waals surface area contributed by atoms with Crippen LogP contribution in [0.5, 0.6) is 5.75 Å². The second-order valence-electron chi connectivity index (χ2n) is 9.04. The van der Waals surface area contributed by atoms with Crippen molar-refractivity contribution in [3.8, 4) is 5.75 Å². The average Bonchev–Trinajstić information content (AvgIpc) is 3.19. The summed E-state index contributed by atoms with van der Waals surface area (Å²) in [4.78, 5) is 47.1. The molecule has 0 unspecified atom stereocenters. The lowest BCUT2D eigenvalue weighted by molar-refractivity contribution is -0.130. The number of ether oxygens (including phenoxy) is 1. The monoisotopic (exact) mass is 483 g/mol. The van der Waals surface area contributed by atoms with E-state index in [0.29, 0.717) is 43.0 Å². The Morgan fingerprint density at radius 1 is 1.11 bits per heavy atom. The van der Waals surface area contributed by atoms with Gasteiger partial charge in [-0.1, -0.05) is 44.4 Å². The van der Waals surface area contributed by atoms with Gasteiger partial charge in [0.05, 0.1) is 7.11 Å². The van der Waals surface area contributed by atoms with E-state index in [4.69, 9.17) is 9.72 Å². The minimum atomic E-state index is -0.439. The summed E-state index contributed by atoms with van der Waals surface area (Å²) in [6.07, 6.45) is 4.18. The number of fused-ring (bicyclic) bond motifs is 1. The molecule has 1 amide bonds. The van der Waals surface area contributed by atoms with Crippen molar-refractivity contribution in [1.29, 1.82) is 0 Å². The Morgan fingerprint density at radius 2 is 1.80 bits per heavy atom. The number of hydrogen-bond donors (Lipinski definition) is 1. The summed E-state index contributed by atoms with van der Waals surface area (Å²) in [5.74, 6) is 1.38. The number of imidazole rings is 1. The predicted molar refractivity (Wildman–Crippen MR) is 137 cm³/mol. The normalized spacial score (nSPS) is 11.2. The molecule has 0 spiro atoms. The number of carbonyl (C=O) groups excluding carboxylic acids is 1. The molecule has 1 aromatic carbocycles. The van der Waals surface area contributed by atoms with Crippen molar-refractivity contribution >= 4 is 17.1 Å². The molecule has 0 saturated carbocycles. The Kier molecular flexibility index (Phi) is 8.89. The summed E-state index contributed by atoms with van der Waals surface area (Å²) in [6.45, 7) is 7.68. The predicted octanol–water partition coefficient (Wildman–Crippen LogP) is 3.39. The Bertz CT molecular complexity index is 1290. The fourth-order valence-corrected chi connectivity index (χ4v) is 4.27. The fraction of sp³-hybridized carbons (Fsp3) is 0.538. The summed E-state index contributed by atoms with van der Waals surface area (Å²) >= 11 is 0. The van der Waals surface area contributed by atoms with Crippen molar-refractivity contribution < 1.29 is 9.53 Å². The van der Waals surface area contributed by atoms with Gasteiger partial charge in [0.15, 0.2) is 11.2 Å². The molecule has 3 aromatic rings. The van der Waals surface area contributed by atoms with E-state index in [1.54, 1.807) is 23.6 Å². The number of rotatable bonds is 12. The molecular weight excluding hydrogens is 446 g/mol. The molecule has 0 atom stereocenters. The van der Waals surface area contributed by atoms with Gasteiger partial charge in [0.1, 0.15) is 11.6 Å². The minimum absolute atomic E-state index is 0.0278. The topological polar surface area (TPSA) is 102 Å². The Balaban J connectivity index is 1.86. The fourth-order valence-electron chi connectivity index (χ4n) is 4.27. The van der Waals surface area contributed by atoms with E-state index in [2.05, 4.69) is 11.9 Å². The summed E-state index contributed by atoms with van der Waals surface area (Å²) < 4.78 is 8.88. The smallest absolute Gasteiger partial charge is 0.330 e. The lowest BCUT2D eigenvalue weighted by Crippen LogP contribution is -2.31. The Morgan fingerprint density at radius 3 is 2.46 bits per heavy atom. The first-order valence-electron chi connectivity index (χ1n) is 12.4. The molecular formula is C26H37N5O4. The number of nitrogens with one attached hydrogen (secondary N) is 1. The average molecular weight is 484 g/mol. The summed E-state index contributed by atoms with van der Waals surface area (Å²) in [5.41, 5.74) is 2.00. The molecule has 0 aliphatic heterocycles. The number of aromatic nitrogens is 4. The third kappa shape index (κ3) is 6.01. The number of aromatic amines is 1. The maximum Gasteiger partial charge on any atom is 0.330 e. The first kappa shape index (κ1) is 26.2. The molecule has 2 aromatic heterocycles. The van der Waals surface area contributed by atoms with Crippen LogP contribution in [-0.4, -0.2) is 44.1 Å². The molecule has 0 aliphatic carbocycles. The van der Waals surface area contributed by atoms with Gasteiger partial charge in [-0.25, -0.2) is 9.78 Å². The van der Waals surface area contributed by atoms with Crippen molar-refractivity contribution in [1.82, 2.24) is 24.0 Å². The van der Waals surface area contributed by atoms with Crippen LogP contribution in [0.1, 0.15) is 62.9 Å². The van der Waals surface area contributed by atoms with Gasteiger partial charge in [-0.05, 0) is 25.8 Å². The highest BCUT2D eigenvalue weighted by Gasteiger charge is 2.20. The van der Waals surface area contributed by atoms with E-state index < -0.39 is 11.2 Å². The molecule has 0 saturated heterocycles. The van der Waals surface area contributed by atoms with Crippen LogP contribution in [0.3, 0.4) is 0 Å². The maximum atomic E-state index is 13.0. The summed E-state index contributed by atoms with van der Waals surface area (Å²) in [6, 6.07) is 5.91. The van der Waals surface area contributed by atoms with Crippen LogP contribution in [0.25, 0.3) is 11.2 Å². The van der Waals surface area contributed by atoms with Crippen LogP contribution in [0.4, 0.5) is 0 Å². The van der Waals surface area contributed by atoms with E-state index in [1.807, 2.05) is 36.6 Å². The standard InChI is InChI=1S/C26H37N5O4/c1-6-8-14-30-21(27-24-23(30)25(33)28-26(34)31(24)15-9-7-2)12-13-22(32)29(4)17-19-16-18(3)10-11-20(19)35-5/h10-11,16H,6-9,12-15,17H2,1-5H3,(H,28,33,34). The molecule has 35 heavy (non-hydrogen) atoms. The van der Waals surface area contributed by atoms with Crippen LogP contribution in [0.2, 0.25) is 0 Å². The highest BCUT2D eigenvalue weighted by Crippen LogP contribution is 2.22. The van der Waals surface area contributed by atoms with Gasteiger partial charge in [0, 0.05) is 45.1 Å². The van der Waals surface area contributed by atoms with Gasteiger partial charge >= 0.3 is 5.69 Å². The lowest BCUT2D eigenvalue weighted by atomic mass is 10.1. The Labute approximate surface area is 205 Å². The highest BCUT2D eigenvalue weighted by molar-refractivity contribution is 5.76. The molecule has 190 valence electrons. The van der Waals surface area contributed by atoms with Gasteiger partial charge in [-0.15, -0.1) is 0 Å².